The summed E-state index contributed by atoms with van der Waals surface area (Å²) in [6.07, 6.45) is 0.626. The maximum atomic E-state index is 14.7. The highest BCUT2D eigenvalue weighted by atomic mass is 19.4. The van der Waals surface area contributed by atoms with Crippen molar-refractivity contribution in [1.29, 1.82) is 0 Å². The number of carbonyl (C=O) groups is 3. The number of pyridine rings is 4. The molecule has 6 bridgehead atoms. The van der Waals surface area contributed by atoms with Crippen LogP contribution in [-0.2, 0) is 18.5 Å². The fourth-order valence-corrected chi connectivity index (χ4v) is 14.1. The van der Waals surface area contributed by atoms with Crippen molar-refractivity contribution in [2.45, 2.75) is 138 Å². The molecule has 3 aromatic carbocycles. The number of hydrogen-bond donors (Lipinski definition) is 0. The third kappa shape index (κ3) is 13.5. The van der Waals surface area contributed by atoms with Crippen molar-refractivity contribution in [2.24, 2.45) is 0 Å². The van der Waals surface area contributed by atoms with Crippen LogP contribution in [0.1, 0.15) is 111 Å². The summed E-state index contributed by atoms with van der Waals surface area (Å²) in [6, 6.07) is 27.9. The molecule has 0 saturated carbocycles. The highest BCUT2D eigenvalue weighted by Crippen LogP contribution is 2.45. The Kier molecular flexibility index (Phi) is 18.1. The summed E-state index contributed by atoms with van der Waals surface area (Å²) in [5, 5.41) is 8.00. The molecule has 9 unspecified atom stereocenters. The molecule has 6 aromatic heterocycles. The monoisotopic (exact) mass is 1360 g/mol. The molecule has 98 heavy (non-hydrogen) atoms. The highest BCUT2D eigenvalue weighted by molar-refractivity contribution is 6.02. The Hall–Kier alpha value is -10.5. The molecule has 506 valence electrons. The zero-order valence-corrected chi connectivity index (χ0v) is 51.6. The number of halogens is 11. The van der Waals surface area contributed by atoms with Crippen LogP contribution >= 0.6 is 0 Å². The Labute approximate surface area is 551 Å². The third-order valence-electron chi connectivity index (χ3n) is 18.4. The average Bonchev–Trinajstić information content (AvgIpc) is 1.60. The maximum Gasteiger partial charge on any atom is 0.417 e. The highest BCUT2D eigenvalue weighted by Gasteiger charge is 2.53. The molecular weight excluding hydrogens is 1300 g/mol. The molecule has 29 heteroatoms. The van der Waals surface area contributed by atoms with Gasteiger partial charge in [-0.25, -0.2) is 33.7 Å². The van der Waals surface area contributed by atoms with Crippen LogP contribution in [0.2, 0.25) is 0 Å². The van der Waals surface area contributed by atoms with Gasteiger partial charge in [-0.3, -0.25) is 19.4 Å². The van der Waals surface area contributed by atoms with E-state index in [0.717, 1.165) is 91.9 Å². The van der Waals surface area contributed by atoms with Gasteiger partial charge in [0.2, 0.25) is 17.6 Å². The molecule has 6 fully saturated rings. The first-order valence-corrected chi connectivity index (χ1v) is 31.3. The van der Waals surface area contributed by atoms with E-state index in [-0.39, 0.29) is 95.0 Å². The van der Waals surface area contributed by atoms with E-state index in [1.807, 2.05) is 48.2 Å². The van der Waals surface area contributed by atoms with Crippen molar-refractivity contribution >= 4 is 17.7 Å². The summed E-state index contributed by atoms with van der Waals surface area (Å²) in [5.41, 5.74) is 1.58. The molecule has 0 radical (unpaired) electrons. The summed E-state index contributed by atoms with van der Waals surface area (Å²) in [7, 11) is 0. The van der Waals surface area contributed by atoms with Gasteiger partial charge in [0.05, 0.1) is 70.9 Å². The second-order valence-electron chi connectivity index (χ2n) is 24.3. The van der Waals surface area contributed by atoms with Gasteiger partial charge in [0.25, 0.3) is 17.7 Å². The lowest BCUT2D eigenvalue weighted by atomic mass is 9.97. The van der Waals surface area contributed by atoms with E-state index in [2.05, 4.69) is 40.1 Å². The Bertz CT molecular complexity index is 4350. The first-order valence-electron chi connectivity index (χ1n) is 31.3. The van der Waals surface area contributed by atoms with Gasteiger partial charge < -0.3 is 28.9 Å². The molecule has 9 aromatic rings. The lowest BCUT2D eigenvalue weighted by Crippen LogP contribution is -2.40. The summed E-state index contributed by atoms with van der Waals surface area (Å²) in [6.45, 7) is 1.96. The SMILES string of the molecule is Cc1cccc(C(=O)N2C3CCC2C(Oc2ccc(C(F)(F)F)cn2)C3)c1-c1ccccn1.O=C(c1c(F)cccc1-n1nccn1)N1C2CCC1C(Oc1ccc(C(F)(F)F)cn1)C2.O=C(c1ccccc1-c1ncc(F)cn1)N1C2CCC1C(Oc1ccc(C(F)(F)F)cn1)C2. The molecule has 12 heterocycles. The number of carbonyl (C=O) groups excluding carboxylic acids is 3. The van der Waals surface area contributed by atoms with Crippen LogP contribution in [0.15, 0.2) is 165 Å². The second-order valence-corrected chi connectivity index (χ2v) is 24.3. The third-order valence-corrected chi connectivity index (χ3v) is 18.4. The average molecular weight is 1360 g/mol. The normalized spacial score (nSPS) is 22.1. The largest absolute Gasteiger partial charge is 0.472 e. The van der Waals surface area contributed by atoms with Gasteiger partial charge in [-0.2, -0.15) is 54.5 Å². The van der Waals surface area contributed by atoms with Gasteiger partial charge in [0.1, 0.15) is 35.4 Å². The van der Waals surface area contributed by atoms with E-state index in [1.165, 1.54) is 47.5 Å². The van der Waals surface area contributed by atoms with Crippen LogP contribution < -0.4 is 14.2 Å². The summed E-state index contributed by atoms with van der Waals surface area (Å²) in [5.74, 6) is -1.50. The van der Waals surface area contributed by atoms with Crippen LogP contribution in [0, 0.1) is 18.6 Å². The van der Waals surface area contributed by atoms with Gasteiger partial charge in [0, 0.05) is 97.1 Å². The quantitative estimate of drug-likeness (QED) is 0.105. The smallest absolute Gasteiger partial charge is 0.417 e. The van der Waals surface area contributed by atoms with Gasteiger partial charge in [0.15, 0.2) is 11.6 Å². The molecule has 9 atom stereocenters. The summed E-state index contributed by atoms with van der Waals surface area (Å²) < 4.78 is 161. The Morgan fingerprint density at radius 1 is 0.449 bits per heavy atom. The van der Waals surface area contributed by atoms with Crippen molar-refractivity contribution in [3.8, 4) is 46.0 Å². The molecule has 6 aliphatic rings. The number of amides is 3. The first kappa shape index (κ1) is 66.1. The zero-order valence-electron chi connectivity index (χ0n) is 51.6. The number of ether oxygens (including phenoxy) is 3. The first-order chi connectivity index (χ1) is 47.0. The van der Waals surface area contributed by atoms with Crippen molar-refractivity contribution in [1.82, 2.24) is 59.6 Å². The van der Waals surface area contributed by atoms with Gasteiger partial charge in [-0.15, -0.1) is 0 Å². The standard InChI is InChI=1S/C25H22F3N3O2.C23H18F4N4O2.C21H17F4N5O2/c1-15-5-4-6-18(23(15)19-7-2-3-12-29-19)24(32)31-17-9-10-20(31)21(13-17)33-22-11-8-16(14-30-22)25(26,27)28;24-14-11-29-21(30-12-14)16-3-1-2-4-17(16)22(32)31-15-6-7-18(31)19(9-15)33-20-8-5-13(10-28-20)23(25,26)27;22-14-2-1-3-16(30-27-8-9-28-30)19(14)20(31)29-13-5-6-15(29)17(10-13)32-18-7-4-12(11-26-18)21(23,24)25/h2-8,11-12,14,17,20-21H,9-10,13H2,1H3;1-5,8,10-12,15,18-19H,6-7,9H2;1-4,7-9,11,13,15,17H,5-6,10H2. The van der Waals surface area contributed by atoms with E-state index in [4.69, 9.17) is 14.2 Å². The molecule has 3 amide bonds. The van der Waals surface area contributed by atoms with Gasteiger partial charge in [-0.05, 0) is 106 Å². The van der Waals surface area contributed by atoms with E-state index < -0.39 is 58.9 Å². The molecule has 0 aliphatic carbocycles. The lowest BCUT2D eigenvalue weighted by molar-refractivity contribution is -0.138. The van der Waals surface area contributed by atoms with E-state index in [1.54, 1.807) is 46.3 Å². The van der Waals surface area contributed by atoms with Crippen LogP contribution in [0.25, 0.3) is 28.3 Å². The molecule has 0 N–H and O–H groups in total. The fourth-order valence-electron chi connectivity index (χ4n) is 14.1. The van der Waals surface area contributed by atoms with Crippen molar-refractivity contribution in [2.75, 3.05) is 0 Å². The van der Waals surface area contributed by atoms with Gasteiger partial charge in [-0.1, -0.05) is 42.5 Å². The minimum Gasteiger partial charge on any atom is -0.472 e. The van der Waals surface area contributed by atoms with Crippen LogP contribution in [0.4, 0.5) is 48.3 Å². The predicted molar refractivity (Wildman–Crippen MR) is 327 cm³/mol. The zero-order chi connectivity index (χ0) is 68.8. The van der Waals surface area contributed by atoms with E-state index in [0.29, 0.717) is 48.6 Å². The second kappa shape index (κ2) is 26.8. The van der Waals surface area contributed by atoms with Crippen molar-refractivity contribution < 1.29 is 76.9 Å². The molecule has 0 spiro atoms. The predicted octanol–water partition coefficient (Wildman–Crippen LogP) is 13.5. The number of hydrogen-bond acceptors (Lipinski definition) is 14. The molecule has 18 nitrogen and oxygen atoms in total. The Morgan fingerprint density at radius 2 is 0.898 bits per heavy atom. The van der Waals surface area contributed by atoms with Crippen molar-refractivity contribution in [3.05, 3.63) is 215 Å². The van der Waals surface area contributed by atoms with Crippen LogP contribution in [0.5, 0.6) is 17.6 Å². The number of benzene rings is 3. The minimum atomic E-state index is -4.48. The molecule has 6 aliphatic heterocycles. The maximum absolute atomic E-state index is 14.7. The number of nitrogens with zero attached hydrogens (tertiary/aromatic N) is 12. The molecule has 6 saturated heterocycles. The number of aromatic nitrogens is 9. The van der Waals surface area contributed by atoms with Crippen LogP contribution in [-0.4, -0.2) is 132 Å². The van der Waals surface area contributed by atoms with Crippen molar-refractivity contribution in [3.63, 3.8) is 0 Å². The lowest BCUT2D eigenvalue weighted by Gasteiger charge is -2.26. The van der Waals surface area contributed by atoms with E-state index in [9.17, 15) is 62.7 Å². The topological polar surface area (TPSA) is 197 Å². The number of rotatable bonds is 12. The summed E-state index contributed by atoms with van der Waals surface area (Å²) in [4.78, 5) is 70.9. The number of fused-ring (bicyclic) bond motifs is 6. The minimum absolute atomic E-state index is 0.0269. The summed E-state index contributed by atoms with van der Waals surface area (Å²) >= 11 is 0. The fraction of sp³-hybridized carbons (Fsp3) is 0.319. The Balaban J connectivity index is 0.000000132. The van der Waals surface area contributed by atoms with Crippen LogP contribution in [0.3, 0.4) is 0 Å². The van der Waals surface area contributed by atoms with E-state index >= 15 is 0 Å². The number of aryl methyl sites for hydroxylation is 1. The molecule has 15 rings (SSSR count). The Morgan fingerprint density at radius 3 is 1.36 bits per heavy atom. The molecular formula is C69H57F11N12O6. The van der Waals surface area contributed by atoms with Gasteiger partial charge >= 0.3 is 18.5 Å². The number of alkyl halides is 9.